The number of sulfonamides is 1. The van der Waals surface area contributed by atoms with E-state index in [1.807, 2.05) is 64.3 Å². The molecule has 3 fully saturated rings. The Balaban J connectivity index is 1.46. The van der Waals surface area contributed by atoms with Crippen LogP contribution in [0.3, 0.4) is 0 Å². The predicted octanol–water partition coefficient (Wildman–Crippen LogP) is 7.42. The van der Waals surface area contributed by atoms with Gasteiger partial charge in [-0.05, 0) is 122 Å². The molecule has 0 unspecified atom stereocenters. The van der Waals surface area contributed by atoms with Crippen LogP contribution in [0.15, 0.2) is 43.5 Å². The summed E-state index contributed by atoms with van der Waals surface area (Å²) in [7, 11) is -4.05. The number of aryl methyl sites for hydroxylation is 1. The second-order valence-electron chi connectivity index (χ2n) is 19.7. The van der Waals surface area contributed by atoms with E-state index in [-0.39, 0.29) is 31.3 Å². The van der Waals surface area contributed by atoms with Crippen molar-refractivity contribution in [2.45, 2.75) is 179 Å². The molecule has 3 aliphatic rings. The summed E-state index contributed by atoms with van der Waals surface area (Å²) in [6.45, 7) is 24.1. The number of likely N-dealkylation sites (tertiary alicyclic amines) is 1. The molecule has 15 heteroatoms. The summed E-state index contributed by atoms with van der Waals surface area (Å²) in [6.07, 6.45) is 9.37. The molecule has 1 aromatic carbocycles. The number of fused-ring (bicyclic) bond motifs is 1. The van der Waals surface area contributed by atoms with E-state index in [0.717, 1.165) is 42.3 Å². The summed E-state index contributed by atoms with van der Waals surface area (Å²) in [5.74, 6) is -2.22. The molecular weight excluding hydrogens is 797 g/mol. The number of carbonyl (C=O) groups is 4. The van der Waals surface area contributed by atoms with E-state index in [1.54, 1.807) is 26.8 Å². The van der Waals surface area contributed by atoms with Crippen LogP contribution in [0.5, 0.6) is 6.01 Å². The summed E-state index contributed by atoms with van der Waals surface area (Å²) >= 11 is 0. The molecule has 338 valence electrons. The van der Waals surface area contributed by atoms with Gasteiger partial charge in [-0.1, -0.05) is 58.4 Å². The van der Waals surface area contributed by atoms with Gasteiger partial charge in [-0.3, -0.25) is 23.7 Å². The maximum atomic E-state index is 14.8. The number of carbonyl (C=O) groups excluding carboxylic acids is 4. The fraction of sp³-hybridized carbons (Fsp3) is 0.674. The molecule has 4 amide bonds. The van der Waals surface area contributed by atoms with Crippen molar-refractivity contribution in [3.05, 3.63) is 49.1 Å². The zero-order chi connectivity index (χ0) is 45.1. The molecule has 5 atom stereocenters. The van der Waals surface area contributed by atoms with E-state index in [0.29, 0.717) is 44.5 Å². The number of para-hydroxylation sites is 1. The lowest BCUT2D eigenvalue weighted by Crippen LogP contribution is -2.60. The van der Waals surface area contributed by atoms with Gasteiger partial charge in [-0.2, -0.15) is 4.98 Å². The zero-order valence-electron chi connectivity index (χ0n) is 37.9. The summed E-state index contributed by atoms with van der Waals surface area (Å²) < 4.78 is 43.0. The number of benzene rings is 1. The fourth-order valence-electron chi connectivity index (χ4n) is 8.60. The van der Waals surface area contributed by atoms with Crippen molar-refractivity contribution in [1.82, 2.24) is 29.8 Å². The zero-order valence-corrected chi connectivity index (χ0v) is 38.7. The average molecular weight is 867 g/mol. The number of ether oxygens (including phenoxy) is 2. The Labute approximate surface area is 363 Å². The third kappa shape index (κ3) is 10.8. The van der Waals surface area contributed by atoms with E-state index < -0.39 is 73.3 Å². The lowest BCUT2D eigenvalue weighted by molar-refractivity contribution is -0.143. The minimum absolute atomic E-state index is 0.0206. The summed E-state index contributed by atoms with van der Waals surface area (Å²) in [5, 5.41) is 5.71. The SMILES string of the molecule is C=CCCCCc1cccc2c1nc(O[C@@H]1C[C@@H](C(=O)N[C@]3(C(=O)NS(=O)(=O)C4(CCCC=C)CC4)C[C@H]3CC)N(C(=O)[C@@H](NC(=O)OC(C)(C)C)C(C)(C)C)C1)n2C(C)C. The number of allylic oxidation sites excluding steroid dienone is 2. The number of aromatic nitrogens is 2. The molecule has 1 aliphatic heterocycles. The first kappa shape index (κ1) is 47.6. The van der Waals surface area contributed by atoms with Gasteiger partial charge in [0.15, 0.2) is 0 Å². The van der Waals surface area contributed by atoms with Crippen molar-refractivity contribution in [3.8, 4) is 6.01 Å². The van der Waals surface area contributed by atoms with E-state index in [9.17, 15) is 27.6 Å². The molecule has 1 aromatic heterocycles. The molecule has 2 heterocycles. The lowest BCUT2D eigenvalue weighted by Gasteiger charge is -2.36. The molecule has 2 saturated carbocycles. The van der Waals surface area contributed by atoms with Gasteiger partial charge >= 0.3 is 6.09 Å². The number of imidazole rings is 1. The van der Waals surface area contributed by atoms with Crippen LogP contribution in [0, 0.1) is 11.3 Å². The smallest absolute Gasteiger partial charge is 0.408 e. The highest BCUT2D eigenvalue weighted by Gasteiger charge is 2.64. The first-order valence-electron chi connectivity index (χ1n) is 22.1. The number of nitrogens with one attached hydrogen (secondary N) is 3. The van der Waals surface area contributed by atoms with E-state index in [2.05, 4.69) is 34.6 Å². The first-order valence-corrected chi connectivity index (χ1v) is 23.6. The Hall–Kier alpha value is -4.40. The quantitative estimate of drug-likeness (QED) is 0.0903. The van der Waals surface area contributed by atoms with Gasteiger partial charge in [-0.15, -0.1) is 13.2 Å². The lowest BCUT2D eigenvalue weighted by atomic mass is 9.85. The molecule has 3 N–H and O–H groups in total. The maximum absolute atomic E-state index is 14.8. The molecule has 1 saturated heterocycles. The van der Waals surface area contributed by atoms with Crippen molar-refractivity contribution >= 4 is 44.9 Å². The predicted molar refractivity (Wildman–Crippen MR) is 237 cm³/mol. The van der Waals surface area contributed by atoms with Crippen LogP contribution >= 0.6 is 0 Å². The van der Waals surface area contributed by atoms with Crippen LogP contribution in [0.25, 0.3) is 11.0 Å². The van der Waals surface area contributed by atoms with E-state index in [4.69, 9.17) is 14.5 Å². The number of rotatable bonds is 20. The second-order valence-corrected chi connectivity index (χ2v) is 21.8. The number of hydrogen-bond acceptors (Lipinski definition) is 9. The second kappa shape index (κ2) is 18.5. The van der Waals surface area contributed by atoms with Crippen LogP contribution < -0.4 is 20.1 Å². The number of amides is 4. The summed E-state index contributed by atoms with van der Waals surface area (Å²) in [5.41, 5.74) is -0.282. The van der Waals surface area contributed by atoms with E-state index in [1.165, 1.54) is 4.90 Å². The first-order chi connectivity index (χ1) is 28.5. The largest absolute Gasteiger partial charge is 0.459 e. The Morgan fingerprint density at radius 1 is 1.02 bits per heavy atom. The van der Waals surface area contributed by atoms with Crippen molar-refractivity contribution < 1.29 is 37.1 Å². The minimum Gasteiger partial charge on any atom is -0.459 e. The maximum Gasteiger partial charge on any atom is 0.408 e. The molecular formula is C46H70N6O8S. The van der Waals surface area contributed by atoms with Crippen LogP contribution in [-0.2, 0) is 35.6 Å². The number of nitrogens with zero attached hydrogens (tertiary/aromatic N) is 3. The number of unbranched alkanes of at least 4 members (excludes halogenated alkanes) is 3. The van der Waals surface area contributed by atoms with Crippen LogP contribution in [0.2, 0.25) is 0 Å². The normalized spacial score (nSPS) is 22.7. The highest BCUT2D eigenvalue weighted by Crippen LogP contribution is 2.50. The highest BCUT2D eigenvalue weighted by atomic mass is 32.2. The Kier molecular flexibility index (Phi) is 14.5. The number of hydrogen-bond donors (Lipinski definition) is 3. The van der Waals surface area contributed by atoms with Gasteiger partial charge in [0.05, 0.1) is 22.3 Å². The van der Waals surface area contributed by atoms with E-state index >= 15 is 0 Å². The molecule has 0 bridgehead atoms. The highest BCUT2D eigenvalue weighted by molar-refractivity contribution is 7.91. The molecule has 2 aromatic rings. The van der Waals surface area contributed by atoms with Gasteiger partial charge in [0.2, 0.25) is 21.8 Å². The third-order valence-corrected chi connectivity index (χ3v) is 14.5. The van der Waals surface area contributed by atoms with Crippen LogP contribution in [0.1, 0.15) is 145 Å². The van der Waals surface area contributed by atoms with Gasteiger partial charge in [0, 0.05) is 12.5 Å². The summed E-state index contributed by atoms with van der Waals surface area (Å²) in [6, 6.07) is 4.18. The molecule has 0 radical (unpaired) electrons. The summed E-state index contributed by atoms with van der Waals surface area (Å²) in [4.78, 5) is 63.1. The molecule has 5 rings (SSSR count). The van der Waals surface area contributed by atoms with Gasteiger partial charge in [0.25, 0.3) is 11.9 Å². The van der Waals surface area contributed by atoms with Gasteiger partial charge in [0.1, 0.15) is 29.3 Å². The standard InChI is InChI=1S/C46H70N6O8S/c1-12-15-17-18-21-31-22-20-23-34-36(31)47-41(52(34)30(4)5)59-33-27-35(51(29-33)39(54)37(43(6,7)8)48-42(56)60-44(9,10)11)38(53)49-46(28-32(46)14-3)40(55)50-61(57,58)45(25-26-45)24-19-16-13-2/h12-13,20,22-23,30,32-33,35,37H,1-2,14-19,21,24-29H2,3-11H3,(H,48,56)(H,49,53)(H,50,55)/t32-,33-,35+,37-,46-/m1/s1. The molecule has 14 nitrogen and oxygen atoms in total. The van der Waals surface area contributed by atoms with Crippen molar-refractivity contribution in [3.63, 3.8) is 0 Å². The average Bonchev–Trinajstić information content (AvgIpc) is 4.02. The fourth-order valence-corrected chi connectivity index (χ4v) is 10.3. The topological polar surface area (TPSA) is 178 Å². The Morgan fingerprint density at radius 3 is 2.26 bits per heavy atom. The van der Waals surface area contributed by atoms with Gasteiger partial charge in [-0.25, -0.2) is 13.2 Å². The minimum atomic E-state index is -4.05. The molecule has 2 aliphatic carbocycles. The molecule has 61 heavy (non-hydrogen) atoms. The van der Waals surface area contributed by atoms with Crippen LogP contribution in [0.4, 0.5) is 4.79 Å². The Bertz CT molecular complexity index is 2080. The third-order valence-electron chi connectivity index (χ3n) is 12.3. The van der Waals surface area contributed by atoms with Crippen molar-refractivity contribution in [2.24, 2.45) is 11.3 Å². The van der Waals surface area contributed by atoms with Gasteiger partial charge < -0.3 is 25.0 Å². The van der Waals surface area contributed by atoms with Crippen molar-refractivity contribution in [2.75, 3.05) is 6.54 Å². The van der Waals surface area contributed by atoms with Crippen molar-refractivity contribution in [1.29, 1.82) is 0 Å². The molecule has 0 spiro atoms. The Morgan fingerprint density at radius 2 is 1.69 bits per heavy atom. The van der Waals surface area contributed by atoms with Crippen LogP contribution in [-0.4, -0.2) is 87.3 Å². The number of alkyl carbamates (subject to hydrolysis) is 1. The monoisotopic (exact) mass is 866 g/mol.